The number of hydrogen-bond acceptors (Lipinski definition) is 3. The van der Waals surface area contributed by atoms with Gasteiger partial charge in [-0.15, -0.1) is 0 Å². The Labute approximate surface area is 92.9 Å². The minimum atomic E-state index is 0.662. The summed E-state index contributed by atoms with van der Waals surface area (Å²) in [6, 6.07) is 0. The minimum Gasteiger partial charge on any atom is -0.357 e. The molecule has 1 aromatic heterocycles. The number of nitrogens with zero attached hydrogens (tertiary/aromatic N) is 3. The van der Waals surface area contributed by atoms with Crippen molar-refractivity contribution in [1.82, 2.24) is 14.9 Å². The molecular weight excluding hydrogens is 216 g/mol. The molecule has 0 aliphatic carbocycles. The fraction of sp³-hybridized carbons (Fsp3) is 0.375. The first kappa shape index (κ1) is 9.54. The molecule has 0 aromatic carbocycles. The fourth-order valence-corrected chi connectivity index (χ4v) is 1.88. The summed E-state index contributed by atoms with van der Waals surface area (Å²) in [5, 5.41) is 0. The van der Waals surface area contributed by atoms with Gasteiger partial charge in [-0.3, -0.25) is 0 Å². The van der Waals surface area contributed by atoms with Gasteiger partial charge < -0.3 is 14.8 Å². The van der Waals surface area contributed by atoms with Crippen LogP contribution in [0.2, 0.25) is 0 Å². The van der Waals surface area contributed by atoms with E-state index in [9.17, 15) is 0 Å². The molecule has 0 amide bonds. The Morgan fingerprint density at radius 3 is 2.86 bits per heavy atom. The van der Waals surface area contributed by atoms with E-state index < -0.39 is 0 Å². The second-order valence-corrected chi connectivity index (χ2v) is 4.07. The number of aromatic nitrogens is 2. The molecular formula is C8H10N4S2. The lowest BCUT2D eigenvalue weighted by molar-refractivity contribution is 0.594. The van der Waals surface area contributed by atoms with Crippen LogP contribution in [0.5, 0.6) is 0 Å². The van der Waals surface area contributed by atoms with Gasteiger partial charge in [-0.1, -0.05) is 24.4 Å². The molecule has 0 saturated heterocycles. The number of H-pyrrole nitrogens is 1. The lowest BCUT2D eigenvalue weighted by atomic mass is 10.4. The van der Waals surface area contributed by atoms with E-state index in [0.29, 0.717) is 6.54 Å². The first-order chi connectivity index (χ1) is 6.61. The third-order valence-corrected chi connectivity index (χ3v) is 3.16. The Bertz CT molecular complexity index is 398. The monoisotopic (exact) mass is 226 g/mol. The third-order valence-electron chi connectivity index (χ3n) is 2.24. The number of fused-ring (bicyclic) bond motifs is 1. The molecule has 0 spiro atoms. The lowest BCUT2D eigenvalue weighted by Crippen LogP contribution is -2.33. The lowest BCUT2D eigenvalue weighted by Gasteiger charge is -2.18. The molecule has 0 atom stereocenters. The number of thiocarbonyl (C=S) groups is 2. The molecule has 0 bridgehead atoms. The van der Waals surface area contributed by atoms with Crippen LogP contribution < -0.4 is 4.90 Å². The number of hydrogen-bond donors (Lipinski definition) is 1. The van der Waals surface area contributed by atoms with E-state index in [1.807, 2.05) is 23.9 Å². The molecule has 1 aliphatic heterocycles. The second-order valence-electron chi connectivity index (χ2n) is 3.22. The van der Waals surface area contributed by atoms with Crippen molar-refractivity contribution in [1.29, 1.82) is 0 Å². The van der Waals surface area contributed by atoms with E-state index in [4.69, 9.17) is 24.4 Å². The van der Waals surface area contributed by atoms with Gasteiger partial charge >= 0.3 is 0 Å². The molecule has 74 valence electrons. The van der Waals surface area contributed by atoms with Crippen molar-refractivity contribution in [2.75, 3.05) is 25.5 Å². The summed E-state index contributed by atoms with van der Waals surface area (Å²) >= 11 is 10.6. The summed E-state index contributed by atoms with van der Waals surface area (Å²) < 4.78 is 0. The summed E-state index contributed by atoms with van der Waals surface area (Å²) in [5.74, 6) is 0.810. The number of anilines is 1. The van der Waals surface area contributed by atoms with Crippen LogP contribution in [0, 0.1) is 0 Å². The zero-order valence-corrected chi connectivity index (χ0v) is 9.58. The normalized spacial score (nSPS) is 17.0. The zero-order valence-electron chi connectivity index (χ0n) is 7.94. The molecule has 1 aromatic rings. The highest BCUT2D eigenvalue weighted by molar-refractivity contribution is 7.81. The molecule has 2 heterocycles. The average Bonchev–Trinajstić information content (AvgIpc) is 2.60. The molecule has 1 aliphatic rings. The Morgan fingerprint density at radius 2 is 2.14 bits per heavy atom. The predicted molar refractivity (Wildman–Crippen MR) is 63.9 cm³/mol. The fourth-order valence-electron chi connectivity index (χ4n) is 1.39. The SMILES string of the molecule is CN1CC(=S)N(C)c2nc[nH]c2C1=S. The third kappa shape index (κ3) is 1.31. The van der Waals surface area contributed by atoms with Crippen LogP contribution in [0.1, 0.15) is 5.69 Å². The molecule has 4 nitrogen and oxygen atoms in total. The maximum atomic E-state index is 5.30. The van der Waals surface area contributed by atoms with Gasteiger partial charge in [0.15, 0.2) is 5.82 Å². The van der Waals surface area contributed by atoms with E-state index in [0.717, 1.165) is 21.5 Å². The van der Waals surface area contributed by atoms with Crippen LogP contribution >= 0.6 is 24.4 Å². The van der Waals surface area contributed by atoms with Gasteiger partial charge in [0.1, 0.15) is 15.7 Å². The number of rotatable bonds is 0. The number of aromatic amines is 1. The smallest absolute Gasteiger partial charge is 0.161 e. The molecule has 0 fully saturated rings. The highest BCUT2D eigenvalue weighted by Crippen LogP contribution is 2.20. The van der Waals surface area contributed by atoms with Gasteiger partial charge in [-0.25, -0.2) is 4.98 Å². The van der Waals surface area contributed by atoms with Crippen LogP contribution in [-0.2, 0) is 0 Å². The van der Waals surface area contributed by atoms with Crippen molar-refractivity contribution in [2.45, 2.75) is 0 Å². The van der Waals surface area contributed by atoms with E-state index in [1.165, 1.54) is 0 Å². The van der Waals surface area contributed by atoms with Crippen molar-refractivity contribution in [2.24, 2.45) is 0 Å². The quantitative estimate of drug-likeness (QED) is 0.662. The van der Waals surface area contributed by atoms with Gasteiger partial charge in [0.25, 0.3) is 0 Å². The van der Waals surface area contributed by atoms with Crippen LogP contribution in [0.25, 0.3) is 0 Å². The molecule has 0 radical (unpaired) electrons. The summed E-state index contributed by atoms with van der Waals surface area (Å²) in [6.07, 6.45) is 1.63. The average molecular weight is 226 g/mol. The van der Waals surface area contributed by atoms with Gasteiger partial charge in [0.2, 0.25) is 0 Å². The van der Waals surface area contributed by atoms with Crippen molar-refractivity contribution < 1.29 is 0 Å². The van der Waals surface area contributed by atoms with Crippen LogP contribution in [-0.4, -0.2) is 45.5 Å². The molecule has 2 rings (SSSR count). The van der Waals surface area contributed by atoms with E-state index in [2.05, 4.69) is 9.97 Å². The van der Waals surface area contributed by atoms with Crippen molar-refractivity contribution >= 4 is 40.2 Å². The van der Waals surface area contributed by atoms with Gasteiger partial charge in [-0.05, 0) is 0 Å². The van der Waals surface area contributed by atoms with Gasteiger partial charge in [0.05, 0.1) is 12.9 Å². The van der Waals surface area contributed by atoms with Gasteiger partial charge in [0, 0.05) is 14.1 Å². The molecule has 14 heavy (non-hydrogen) atoms. The highest BCUT2D eigenvalue weighted by atomic mass is 32.1. The summed E-state index contributed by atoms with van der Waals surface area (Å²) in [7, 11) is 3.84. The van der Waals surface area contributed by atoms with Crippen molar-refractivity contribution in [3.05, 3.63) is 12.0 Å². The summed E-state index contributed by atoms with van der Waals surface area (Å²) in [6.45, 7) is 0.662. The van der Waals surface area contributed by atoms with E-state index in [1.54, 1.807) is 6.33 Å². The maximum absolute atomic E-state index is 5.30. The molecule has 0 saturated carbocycles. The number of nitrogens with one attached hydrogen (secondary N) is 1. The van der Waals surface area contributed by atoms with Crippen LogP contribution in [0.3, 0.4) is 0 Å². The highest BCUT2D eigenvalue weighted by Gasteiger charge is 2.24. The minimum absolute atomic E-state index is 0.662. The van der Waals surface area contributed by atoms with E-state index in [-0.39, 0.29) is 0 Å². The molecule has 1 N–H and O–H groups in total. The van der Waals surface area contributed by atoms with Gasteiger partial charge in [-0.2, -0.15) is 0 Å². The standard InChI is InChI=1S/C8H10N4S2/c1-11-3-5(13)12(2)7-6(8(11)14)9-4-10-7/h4H,3H2,1-2H3,(H,9,10). The van der Waals surface area contributed by atoms with Crippen LogP contribution in [0.15, 0.2) is 6.33 Å². The van der Waals surface area contributed by atoms with Crippen LogP contribution in [0.4, 0.5) is 5.82 Å². The Morgan fingerprint density at radius 1 is 1.43 bits per heavy atom. The first-order valence-electron chi connectivity index (χ1n) is 4.16. The Balaban J connectivity index is 2.54. The Hall–Kier alpha value is -1.01. The first-order valence-corrected chi connectivity index (χ1v) is 4.98. The molecule has 6 heteroatoms. The maximum Gasteiger partial charge on any atom is 0.161 e. The zero-order chi connectivity index (χ0) is 10.3. The van der Waals surface area contributed by atoms with E-state index >= 15 is 0 Å². The largest absolute Gasteiger partial charge is 0.357 e. The second kappa shape index (κ2) is 3.29. The molecule has 0 unspecified atom stereocenters. The summed E-state index contributed by atoms with van der Waals surface area (Å²) in [5.41, 5.74) is 0.866. The van der Waals surface area contributed by atoms with Crippen molar-refractivity contribution in [3.8, 4) is 0 Å². The summed E-state index contributed by atoms with van der Waals surface area (Å²) in [4.78, 5) is 12.6. The Kier molecular flexibility index (Phi) is 2.24. The topological polar surface area (TPSA) is 35.2 Å². The predicted octanol–water partition coefficient (Wildman–Crippen LogP) is 0.794. The van der Waals surface area contributed by atoms with Crippen molar-refractivity contribution in [3.63, 3.8) is 0 Å². The number of likely N-dealkylation sites (N-methyl/N-ethyl adjacent to an activating group) is 2. The number of imidazole rings is 1.